The van der Waals surface area contributed by atoms with Crippen LogP contribution in [0.15, 0.2) is 70.5 Å². The lowest BCUT2D eigenvalue weighted by molar-refractivity contribution is 0.0856. The second kappa shape index (κ2) is 7.64. The van der Waals surface area contributed by atoms with Crippen molar-refractivity contribution in [1.82, 2.24) is 5.32 Å². The van der Waals surface area contributed by atoms with E-state index in [0.29, 0.717) is 17.4 Å². The van der Waals surface area contributed by atoms with E-state index in [9.17, 15) is 0 Å². The first-order valence-corrected chi connectivity index (χ1v) is 13.8. The van der Waals surface area contributed by atoms with Crippen LogP contribution in [0.1, 0.15) is 83.5 Å². The highest BCUT2D eigenvalue weighted by Crippen LogP contribution is 2.72. The molecule has 1 spiro atoms. The molecule has 32 heavy (non-hydrogen) atoms. The van der Waals surface area contributed by atoms with Crippen LogP contribution in [-0.4, -0.2) is 6.04 Å². The molecular weight excluding hydrogens is 386 g/mol. The Bertz CT molecular complexity index is 984. The molecule has 1 N–H and O–H groups in total. The van der Waals surface area contributed by atoms with Gasteiger partial charge in [-0.3, -0.25) is 0 Å². The first-order chi connectivity index (χ1) is 15.9. The average molecular weight is 426 g/mol. The Morgan fingerprint density at radius 2 is 1.75 bits per heavy atom. The molecule has 1 heteroatoms. The minimum Gasteiger partial charge on any atom is -0.386 e. The lowest BCUT2D eigenvalue weighted by Gasteiger charge is -2.49. The third kappa shape index (κ3) is 2.69. The van der Waals surface area contributed by atoms with Crippen LogP contribution in [0.2, 0.25) is 0 Å². The summed E-state index contributed by atoms with van der Waals surface area (Å²) in [5, 5.41) is 4.05. The van der Waals surface area contributed by atoms with Gasteiger partial charge in [0.25, 0.3) is 0 Å². The number of rotatable bonds is 2. The van der Waals surface area contributed by atoms with E-state index in [4.69, 9.17) is 0 Å². The summed E-state index contributed by atoms with van der Waals surface area (Å²) in [6, 6.07) is 0.675. The number of hydrogen-bond acceptors (Lipinski definition) is 1. The molecule has 1 fully saturated rings. The summed E-state index contributed by atoms with van der Waals surface area (Å²) in [6.07, 6.45) is 34.7. The molecular formula is C31H39N. The summed E-state index contributed by atoms with van der Waals surface area (Å²) >= 11 is 0. The van der Waals surface area contributed by atoms with Gasteiger partial charge in [-0.05, 0) is 113 Å². The van der Waals surface area contributed by atoms with Crippen LogP contribution in [0.3, 0.4) is 0 Å². The van der Waals surface area contributed by atoms with Crippen LogP contribution >= 0.6 is 0 Å². The lowest BCUT2D eigenvalue weighted by atomic mass is 9.55. The van der Waals surface area contributed by atoms with E-state index < -0.39 is 0 Å². The summed E-state index contributed by atoms with van der Waals surface area (Å²) in [4.78, 5) is 0. The first-order valence-electron chi connectivity index (χ1n) is 13.8. The number of nitrogens with one attached hydrogen (secondary N) is 1. The van der Waals surface area contributed by atoms with E-state index in [0.717, 1.165) is 17.8 Å². The van der Waals surface area contributed by atoms with E-state index in [1.54, 1.807) is 5.57 Å². The Morgan fingerprint density at radius 3 is 2.69 bits per heavy atom. The molecule has 0 aliphatic heterocycles. The molecule has 1 nitrogen and oxygen atoms in total. The Labute approximate surface area is 194 Å². The minimum atomic E-state index is 0.414. The highest BCUT2D eigenvalue weighted by molar-refractivity contribution is 5.55. The molecule has 7 aliphatic carbocycles. The molecule has 0 saturated heterocycles. The van der Waals surface area contributed by atoms with Crippen molar-refractivity contribution in [3.05, 3.63) is 70.5 Å². The van der Waals surface area contributed by atoms with Crippen LogP contribution in [0.25, 0.3) is 0 Å². The number of fused-ring (bicyclic) bond motifs is 8. The van der Waals surface area contributed by atoms with Crippen LogP contribution < -0.4 is 5.32 Å². The molecule has 0 heterocycles. The van der Waals surface area contributed by atoms with Gasteiger partial charge in [0.15, 0.2) is 0 Å². The van der Waals surface area contributed by atoms with Gasteiger partial charge in [0.1, 0.15) is 0 Å². The average Bonchev–Trinajstić information content (AvgIpc) is 3.32. The summed E-state index contributed by atoms with van der Waals surface area (Å²) in [5.41, 5.74) is 9.54. The van der Waals surface area contributed by atoms with Crippen molar-refractivity contribution in [3.8, 4) is 0 Å². The van der Waals surface area contributed by atoms with Gasteiger partial charge in [-0.25, -0.2) is 0 Å². The zero-order chi connectivity index (χ0) is 21.1. The standard InChI is InChI=1S/C31H39N/c1-2-10-21(11-3-1)32-22-18-19-26-25-14-6-9-17-29(25)31(30(26)20-22)27-15-7-4-12-23(27)24-13-5-8-16-28(24)31/h1-2,4-5,10,12-13,22-23,26-27,30,32H,3,6-9,11,14-20H2. The highest BCUT2D eigenvalue weighted by atomic mass is 14.9. The molecule has 6 atom stereocenters. The van der Waals surface area contributed by atoms with Crippen molar-refractivity contribution in [3.63, 3.8) is 0 Å². The van der Waals surface area contributed by atoms with Gasteiger partial charge in [-0.2, -0.15) is 0 Å². The molecule has 0 aromatic carbocycles. The van der Waals surface area contributed by atoms with Gasteiger partial charge in [0.05, 0.1) is 0 Å². The molecule has 6 unspecified atom stereocenters. The maximum absolute atomic E-state index is 4.05. The smallest absolute Gasteiger partial charge is 0.0261 e. The van der Waals surface area contributed by atoms with Crippen molar-refractivity contribution < 1.29 is 0 Å². The molecule has 7 rings (SSSR count). The van der Waals surface area contributed by atoms with Gasteiger partial charge in [-0.1, -0.05) is 53.2 Å². The fourth-order valence-corrected chi connectivity index (χ4v) is 9.47. The third-order valence-corrected chi connectivity index (χ3v) is 10.4. The van der Waals surface area contributed by atoms with Crippen molar-refractivity contribution in [2.45, 2.75) is 89.5 Å². The molecule has 0 bridgehead atoms. The number of hydrogen-bond donors (Lipinski definition) is 1. The van der Waals surface area contributed by atoms with E-state index in [2.05, 4.69) is 47.8 Å². The van der Waals surface area contributed by atoms with Gasteiger partial charge < -0.3 is 5.32 Å². The monoisotopic (exact) mass is 425 g/mol. The molecule has 1 saturated carbocycles. The summed E-state index contributed by atoms with van der Waals surface area (Å²) in [7, 11) is 0. The van der Waals surface area contributed by atoms with Crippen molar-refractivity contribution in [1.29, 1.82) is 0 Å². The van der Waals surface area contributed by atoms with Gasteiger partial charge >= 0.3 is 0 Å². The lowest BCUT2D eigenvalue weighted by Crippen LogP contribution is -2.46. The van der Waals surface area contributed by atoms with Gasteiger partial charge in [-0.15, -0.1) is 0 Å². The predicted molar refractivity (Wildman–Crippen MR) is 133 cm³/mol. The minimum absolute atomic E-state index is 0.414. The maximum Gasteiger partial charge on any atom is 0.0261 e. The molecule has 0 radical (unpaired) electrons. The van der Waals surface area contributed by atoms with Crippen LogP contribution in [0.4, 0.5) is 0 Å². The van der Waals surface area contributed by atoms with E-state index in [1.807, 2.05) is 16.7 Å². The van der Waals surface area contributed by atoms with Crippen LogP contribution in [0, 0.1) is 29.1 Å². The van der Waals surface area contributed by atoms with Crippen molar-refractivity contribution in [2.24, 2.45) is 29.1 Å². The summed E-state index contributed by atoms with van der Waals surface area (Å²) < 4.78 is 0. The zero-order valence-corrected chi connectivity index (χ0v) is 19.6. The van der Waals surface area contributed by atoms with Gasteiger partial charge in [0.2, 0.25) is 0 Å². The Morgan fingerprint density at radius 1 is 0.812 bits per heavy atom. The van der Waals surface area contributed by atoms with Crippen molar-refractivity contribution in [2.75, 3.05) is 0 Å². The second-order valence-electron chi connectivity index (χ2n) is 11.6. The van der Waals surface area contributed by atoms with E-state index in [-0.39, 0.29) is 0 Å². The van der Waals surface area contributed by atoms with Gasteiger partial charge in [0, 0.05) is 23.1 Å². The molecule has 168 valence electrons. The van der Waals surface area contributed by atoms with E-state index >= 15 is 0 Å². The SMILES string of the molecule is C1=CCCC(NC2CCC3C4=C(CCCC4)C4(C5=C(C=CCC5)C5C=CCCC54)C3C2)=C1. The number of allylic oxidation sites excluding steroid dienone is 12. The molecule has 7 aliphatic rings. The Hall–Kier alpha value is -1.76. The first kappa shape index (κ1) is 19.7. The Kier molecular flexibility index (Phi) is 4.70. The quantitative estimate of drug-likeness (QED) is 0.447. The third-order valence-electron chi connectivity index (χ3n) is 10.4. The van der Waals surface area contributed by atoms with E-state index in [1.165, 1.54) is 89.2 Å². The fraction of sp³-hybridized carbons (Fsp3) is 0.613. The maximum atomic E-state index is 4.05. The zero-order valence-electron chi connectivity index (χ0n) is 19.6. The summed E-state index contributed by atoms with van der Waals surface area (Å²) in [6.45, 7) is 0. The van der Waals surface area contributed by atoms with Crippen molar-refractivity contribution >= 4 is 0 Å². The fourth-order valence-electron chi connectivity index (χ4n) is 9.47. The topological polar surface area (TPSA) is 12.0 Å². The summed E-state index contributed by atoms with van der Waals surface area (Å²) in [5.74, 6) is 3.28. The van der Waals surface area contributed by atoms with Crippen LogP contribution in [-0.2, 0) is 0 Å². The molecule has 0 aromatic rings. The highest BCUT2D eigenvalue weighted by Gasteiger charge is 2.64. The normalized spacial score (nSPS) is 42.0. The largest absolute Gasteiger partial charge is 0.386 e. The molecule has 0 aromatic heterocycles. The predicted octanol–water partition coefficient (Wildman–Crippen LogP) is 7.71. The Balaban J connectivity index is 1.32. The second-order valence-corrected chi connectivity index (χ2v) is 11.6. The van der Waals surface area contributed by atoms with Crippen LogP contribution in [0.5, 0.6) is 0 Å². The molecule has 0 amide bonds.